The standard InChI is InChI=1S/C12H18BrNO2S2/c1-9-10(8-11(13)17-9)18(15,16)14-6-4-12(2,3)5-7-14/h8H,4-7H2,1-3H3. The summed E-state index contributed by atoms with van der Waals surface area (Å²) in [7, 11) is -3.31. The lowest BCUT2D eigenvalue weighted by Gasteiger charge is -2.36. The first-order chi connectivity index (χ1) is 8.22. The fourth-order valence-electron chi connectivity index (χ4n) is 2.16. The van der Waals surface area contributed by atoms with Crippen LogP contribution >= 0.6 is 27.3 Å². The first-order valence-electron chi connectivity index (χ1n) is 5.98. The van der Waals surface area contributed by atoms with Crippen LogP contribution in [0.3, 0.4) is 0 Å². The third-order valence-electron chi connectivity index (χ3n) is 3.54. The van der Waals surface area contributed by atoms with Gasteiger partial charge in [0, 0.05) is 18.0 Å². The highest BCUT2D eigenvalue weighted by Crippen LogP contribution is 2.35. The Kier molecular flexibility index (Phi) is 3.94. The Balaban J connectivity index is 2.25. The van der Waals surface area contributed by atoms with Crippen LogP contribution in [-0.4, -0.2) is 25.8 Å². The SMILES string of the molecule is Cc1sc(Br)cc1S(=O)(=O)N1CCC(C)(C)CC1. The third-order valence-corrected chi connectivity index (χ3v) is 7.24. The van der Waals surface area contributed by atoms with Gasteiger partial charge < -0.3 is 0 Å². The summed E-state index contributed by atoms with van der Waals surface area (Å²) in [5, 5.41) is 0. The van der Waals surface area contributed by atoms with Crippen LogP contribution in [0.2, 0.25) is 0 Å². The van der Waals surface area contributed by atoms with Gasteiger partial charge in [-0.3, -0.25) is 0 Å². The van der Waals surface area contributed by atoms with Crippen molar-refractivity contribution >= 4 is 37.3 Å². The van der Waals surface area contributed by atoms with Gasteiger partial charge in [0.15, 0.2) is 0 Å². The minimum Gasteiger partial charge on any atom is -0.207 e. The van der Waals surface area contributed by atoms with Crippen molar-refractivity contribution in [1.29, 1.82) is 0 Å². The topological polar surface area (TPSA) is 37.4 Å². The maximum atomic E-state index is 12.5. The zero-order valence-corrected chi connectivity index (χ0v) is 14.1. The summed E-state index contributed by atoms with van der Waals surface area (Å²) in [4.78, 5) is 1.31. The van der Waals surface area contributed by atoms with E-state index in [0.717, 1.165) is 21.5 Å². The van der Waals surface area contributed by atoms with Crippen molar-refractivity contribution in [3.05, 3.63) is 14.7 Å². The van der Waals surface area contributed by atoms with Gasteiger partial charge in [0.25, 0.3) is 0 Å². The van der Waals surface area contributed by atoms with E-state index in [2.05, 4.69) is 29.8 Å². The summed E-state index contributed by atoms with van der Waals surface area (Å²) in [6.45, 7) is 7.51. The van der Waals surface area contributed by atoms with Crippen molar-refractivity contribution in [2.75, 3.05) is 13.1 Å². The van der Waals surface area contributed by atoms with Gasteiger partial charge in [0.1, 0.15) is 0 Å². The van der Waals surface area contributed by atoms with Gasteiger partial charge >= 0.3 is 0 Å². The molecule has 0 atom stereocenters. The van der Waals surface area contributed by atoms with E-state index in [1.54, 1.807) is 10.4 Å². The minimum atomic E-state index is -3.31. The number of piperidine rings is 1. The Morgan fingerprint density at radius 3 is 2.33 bits per heavy atom. The van der Waals surface area contributed by atoms with E-state index >= 15 is 0 Å². The Hall–Kier alpha value is 0.0900. The summed E-state index contributed by atoms with van der Waals surface area (Å²) < 4.78 is 27.6. The molecule has 3 nitrogen and oxygen atoms in total. The summed E-state index contributed by atoms with van der Waals surface area (Å²) in [6.07, 6.45) is 1.85. The lowest BCUT2D eigenvalue weighted by atomic mass is 9.83. The second-order valence-corrected chi connectivity index (χ2v) is 10.1. The summed E-state index contributed by atoms with van der Waals surface area (Å²) >= 11 is 4.82. The molecule has 0 spiro atoms. The zero-order chi connectivity index (χ0) is 13.6. The maximum absolute atomic E-state index is 12.5. The molecule has 0 N–H and O–H groups in total. The molecule has 0 radical (unpaired) electrons. The van der Waals surface area contributed by atoms with E-state index in [9.17, 15) is 8.42 Å². The largest absolute Gasteiger partial charge is 0.244 e. The van der Waals surface area contributed by atoms with E-state index < -0.39 is 10.0 Å². The molecule has 1 aromatic heterocycles. The molecule has 0 saturated carbocycles. The highest BCUT2D eigenvalue weighted by atomic mass is 79.9. The molecule has 1 aromatic rings. The average Bonchev–Trinajstić information content (AvgIpc) is 2.58. The van der Waals surface area contributed by atoms with Gasteiger partial charge in [-0.1, -0.05) is 13.8 Å². The molecule has 0 aliphatic carbocycles. The molecule has 0 unspecified atom stereocenters. The van der Waals surface area contributed by atoms with Gasteiger partial charge in [-0.2, -0.15) is 4.31 Å². The normalized spacial score (nSPS) is 21.1. The van der Waals surface area contributed by atoms with Gasteiger partial charge in [-0.25, -0.2) is 8.42 Å². The molecule has 1 aliphatic heterocycles. The quantitative estimate of drug-likeness (QED) is 0.815. The van der Waals surface area contributed by atoms with Crippen LogP contribution in [0, 0.1) is 12.3 Å². The highest BCUT2D eigenvalue weighted by Gasteiger charge is 2.33. The minimum absolute atomic E-state index is 0.260. The van der Waals surface area contributed by atoms with E-state index in [4.69, 9.17) is 0 Å². The summed E-state index contributed by atoms with van der Waals surface area (Å²) in [5.74, 6) is 0. The van der Waals surface area contributed by atoms with Crippen molar-refractivity contribution in [1.82, 2.24) is 4.31 Å². The number of thiophene rings is 1. The number of halogens is 1. The van der Waals surface area contributed by atoms with Gasteiger partial charge in [0.2, 0.25) is 10.0 Å². The van der Waals surface area contributed by atoms with E-state index in [1.807, 2.05) is 6.92 Å². The molecule has 2 rings (SSSR count). The molecule has 18 heavy (non-hydrogen) atoms. The summed E-state index contributed by atoms with van der Waals surface area (Å²) in [5.41, 5.74) is 0.260. The molecule has 6 heteroatoms. The van der Waals surface area contributed by atoms with Crippen LogP contribution in [0.4, 0.5) is 0 Å². The molecule has 102 valence electrons. The van der Waals surface area contributed by atoms with Crippen molar-refractivity contribution < 1.29 is 8.42 Å². The van der Waals surface area contributed by atoms with Crippen molar-refractivity contribution in [2.24, 2.45) is 5.41 Å². The molecule has 1 fully saturated rings. The number of sulfonamides is 1. The number of aryl methyl sites for hydroxylation is 1. The second-order valence-electron chi connectivity index (χ2n) is 5.54. The molecule has 2 heterocycles. The average molecular weight is 352 g/mol. The van der Waals surface area contributed by atoms with Gasteiger partial charge in [-0.15, -0.1) is 11.3 Å². The Labute approximate surface area is 121 Å². The third kappa shape index (κ3) is 2.81. The molecular weight excluding hydrogens is 334 g/mol. The monoisotopic (exact) mass is 351 g/mol. The second kappa shape index (κ2) is 4.89. The predicted molar refractivity (Wildman–Crippen MR) is 78.5 cm³/mol. The lowest BCUT2D eigenvalue weighted by Crippen LogP contribution is -2.41. The fraction of sp³-hybridized carbons (Fsp3) is 0.667. The maximum Gasteiger partial charge on any atom is 0.244 e. The number of nitrogens with zero attached hydrogens (tertiary/aromatic N) is 1. The Bertz CT molecular complexity index is 538. The lowest BCUT2D eigenvalue weighted by molar-refractivity contribution is 0.196. The fourth-order valence-corrected chi connectivity index (χ4v) is 5.98. The van der Waals surface area contributed by atoms with E-state index in [1.165, 1.54) is 11.3 Å². The number of hydrogen-bond donors (Lipinski definition) is 0. The van der Waals surface area contributed by atoms with Crippen LogP contribution in [0.25, 0.3) is 0 Å². The first-order valence-corrected chi connectivity index (χ1v) is 9.03. The van der Waals surface area contributed by atoms with E-state index in [-0.39, 0.29) is 5.41 Å². The van der Waals surface area contributed by atoms with Crippen molar-refractivity contribution in [3.8, 4) is 0 Å². The van der Waals surface area contributed by atoms with Crippen LogP contribution in [0.5, 0.6) is 0 Å². The predicted octanol–water partition coefficient (Wildman–Crippen LogP) is 3.63. The zero-order valence-electron chi connectivity index (χ0n) is 10.9. The van der Waals surface area contributed by atoms with Gasteiger partial charge in [0.05, 0.1) is 8.68 Å². The van der Waals surface area contributed by atoms with Crippen LogP contribution in [0.1, 0.15) is 31.6 Å². The van der Waals surface area contributed by atoms with E-state index in [0.29, 0.717) is 18.0 Å². The smallest absolute Gasteiger partial charge is 0.207 e. The molecule has 0 aromatic carbocycles. The first kappa shape index (κ1) is 14.5. The molecule has 0 bridgehead atoms. The van der Waals surface area contributed by atoms with Crippen LogP contribution in [0.15, 0.2) is 14.7 Å². The number of rotatable bonds is 2. The van der Waals surface area contributed by atoms with Crippen LogP contribution in [-0.2, 0) is 10.0 Å². The molecule has 1 aliphatic rings. The van der Waals surface area contributed by atoms with Crippen molar-refractivity contribution in [3.63, 3.8) is 0 Å². The summed E-state index contributed by atoms with van der Waals surface area (Å²) in [6, 6.07) is 1.72. The van der Waals surface area contributed by atoms with Crippen molar-refractivity contribution in [2.45, 2.75) is 38.5 Å². The Morgan fingerprint density at radius 1 is 1.33 bits per heavy atom. The highest BCUT2D eigenvalue weighted by molar-refractivity contribution is 9.11. The number of hydrogen-bond acceptors (Lipinski definition) is 3. The van der Waals surface area contributed by atoms with Crippen LogP contribution < -0.4 is 0 Å². The molecular formula is C12H18BrNO2S2. The van der Waals surface area contributed by atoms with Gasteiger partial charge in [-0.05, 0) is 47.2 Å². The molecule has 0 amide bonds. The Morgan fingerprint density at radius 2 is 1.89 bits per heavy atom. The molecule has 1 saturated heterocycles.